The van der Waals surface area contributed by atoms with Crippen molar-refractivity contribution in [1.82, 2.24) is 4.98 Å². The number of nitrogens with zero attached hydrogens (tertiary/aromatic N) is 1. The Labute approximate surface area is 149 Å². The van der Waals surface area contributed by atoms with Crippen LogP contribution in [0.4, 0.5) is 0 Å². The average Bonchev–Trinajstić information content (AvgIpc) is 2.68. The van der Waals surface area contributed by atoms with Crippen LogP contribution in [0.15, 0.2) is 58.4 Å². The van der Waals surface area contributed by atoms with Crippen molar-refractivity contribution in [3.63, 3.8) is 0 Å². The predicted octanol–water partition coefficient (Wildman–Crippen LogP) is 5.52. The quantitative estimate of drug-likeness (QED) is 0.644. The third-order valence-electron chi connectivity index (χ3n) is 5.14. The summed E-state index contributed by atoms with van der Waals surface area (Å²) in [5, 5.41) is 2.82. The minimum absolute atomic E-state index is 0.146. The van der Waals surface area contributed by atoms with Crippen LogP contribution in [0.2, 0.25) is 19.6 Å². The molecule has 23 heavy (non-hydrogen) atoms. The van der Waals surface area contributed by atoms with Gasteiger partial charge in [0.15, 0.2) is 0 Å². The molecule has 2 aromatic rings. The summed E-state index contributed by atoms with van der Waals surface area (Å²) in [4.78, 5) is 4.72. The van der Waals surface area contributed by atoms with Gasteiger partial charge in [-0.3, -0.25) is 0 Å². The van der Waals surface area contributed by atoms with E-state index in [0.29, 0.717) is 0 Å². The number of rotatable bonds is 2. The number of fused-ring (bicyclic) bond motifs is 1. The summed E-state index contributed by atoms with van der Waals surface area (Å²) in [6.45, 7) is 14.2. The van der Waals surface area contributed by atoms with Crippen molar-refractivity contribution < 1.29 is 16.3 Å². The Bertz CT molecular complexity index is 852. The van der Waals surface area contributed by atoms with Crippen LogP contribution in [0.1, 0.15) is 26.3 Å². The third-order valence-corrected chi connectivity index (χ3v) is 8.83. The van der Waals surface area contributed by atoms with Gasteiger partial charge in [-0.15, -0.1) is 0 Å². The molecular weight excluding hydrogens is 334 g/mol. The van der Waals surface area contributed by atoms with E-state index in [4.69, 9.17) is 4.98 Å². The summed E-state index contributed by atoms with van der Waals surface area (Å²) < 4.78 is -0.146. The van der Waals surface area contributed by atoms with E-state index in [9.17, 15) is 0 Å². The first-order valence-electron chi connectivity index (χ1n) is 8.14. The standard InChI is InChI=1S/C20H24NSi.Cr/c1-13-14(2)18(20(15(13)3)22(4,5)6)17-11-7-9-16-10-8-12-21-19(16)17;/h7-12H,1-6H3;. The van der Waals surface area contributed by atoms with Gasteiger partial charge in [-0.25, -0.2) is 0 Å². The molecule has 3 heteroatoms. The van der Waals surface area contributed by atoms with Crippen molar-refractivity contribution in [2.24, 2.45) is 0 Å². The molecule has 0 radical (unpaired) electrons. The molecule has 3 rings (SSSR count). The van der Waals surface area contributed by atoms with Gasteiger partial charge >= 0.3 is 149 Å². The summed E-state index contributed by atoms with van der Waals surface area (Å²) in [5.74, 6) is 0. The molecule has 0 aliphatic heterocycles. The fourth-order valence-electron chi connectivity index (χ4n) is 4.00. The van der Waals surface area contributed by atoms with Crippen LogP contribution in [0, 0.1) is 0 Å². The van der Waals surface area contributed by atoms with Gasteiger partial charge < -0.3 is 0 Å². The molecular formula is C20H24CrNSi. The van der Waals surface area contributed by atoms with Crippen LogP contribution in [0.25, 0.3) is 10.9 Å². The van der Waals surface area contributed by atoms with Crippen LogP contribution in [-0.2, 0) is 20.6 Å². The Morgan fingerprint density at radius 1 is 0.957 bits per heavy atom. The Kier molecular flexibility index (Phi) is 3.96. The van der Waals surface area contributed by atoms with E-state index in [0.717, 1.165) is 5.52 Å². The van der Waals surface area contributed by atoms with E-state index in [-0.39, 0.29) is 4.28 Å². The minimum atomic E-state index is -1.50. The number of pyridine rings is 1. The number of aromatic nitrogens is 1. The van der Waals surface area contributed by atoms with Crippen molar-refractivity contribution in [1.29, 1.82) is 0 Å². The van der Waals surface area contributed by atoms with Gasteiger partial charge in [-0.1, -0.05) is 0 Å². The second kappa shape index (κ2) is 5.45. The molecule has 1 aliphatic carbocycles. The first kappa shape index (κ1) is 16.7. The molecule has 0 N–H and O–H groups in total. The molecule has 0 amide bonds. The molecule has 0 fully saturated rings. The van der Waals surface area contributed by atoms with Gasteiger partial charge in [0.05, 0.1) is 0 Å². The first-order chi connectivity index (χ1) is 10.7. The number of hydrogen-bond acceptors (Lipinski definition) is 1. The molecule has 0 bridgehead atoms. The molecule has 1 aromatic carbocycles. The summed E-state index contributed by atoms with van der Waals surface area (Å²) in [6.07, 6.45) is 1.90. The van der Waals surface area contributed by atoms with Crippen LogP contribution in [0.5, 0.6) is 0 Å². The van der Waals surface area contributed by atoms with Crippen molar-refractivity contribution in [3.8, 4) is 0 Å². The molecule has 0 saturated carbocycles. The van der Waals surface area contributed by atoms with E-state index in [1.54, 1.807) is 5.20 Å². The first-order valence-corrected chi connectivity index (χ1v) is 12.3. The van der Waals surface area contributed by atoms with Gasteiger partial charge in [0.25, 0.3) is 0 Å². The maximum absolute atomic E-state index is 4.72. The molecule has 0 saturated heterocycles. The van der Waals surface area contributed by atoms with Crippen molar-refractivity contribution in [2.45, 2.75) is 44.7 Å². The molecule has 119 valence electrons. The SMILES string of the molecule is CC1=C(C)[C]([Cr])(c2cccc3cccnc23)C([Si](C)(C)C)=C1C. The predicted molar refractivity (Wildman–Crippen MR) is 97.8 cm³/mol. The van der Waals surface area contributed by atoms with Crippen molar-refractivity contribution in [2.75, 3.05) is 0 Å². The van der Waals surface area contributed by atoms with Crippen molar-refractivity contribution in [3.05, 3.63) is 64.0 Å². The summed E-state index contributed by atoms with van der Waals surface area (Å²) in [6, 6.07) is 10.7. The van der Waals surface area contributed by atoms with Gasteiger partial charge in [0, 0.05) is 0 Å². The second-order valence-electron chi connectivity index (χ2n) is 7.56. The molecule has 1 unspecified atom stereocenters. The van der Waals surface area contributed by atoms with Gasteiger partial charge in [-0.05, 0) is 0 Å². The number of allylic oxidation sites excluding steroid dienone is 4. The fraction of sp³-hybridized carbons (Fsp3) is 0.350. The molecule has 1 heterocycles. The third kappa shape index (κ3) is 2.38. The number of para-hydroxylation sites is 1. The van der Waals surface area contributed by atoms with Crippen LogP contribution >= 0.6 is 0 Å². The monoisotopic (exact) mass is 358 g/mol. The van der Waals surface area contributed by atoms with Crippen LogP contribution < -0.4 is 0 Å². The summed E-state index contributed by atoms with van der Waals surface area (Å²) >= 11 is 3.61. The topological polar surface area (TPSA) is 12.9 Å². The summed E-state index contributed by atoms with van der Waals surface area (Å²) in [5.41, 5.74) is 6.78. The van der Waals surface area contributed by atoms with E-state index in [2.05, 4.69) is 81.0 Å². The Morgan fingerprint density at radius 2 is 1.61 bits per heavy atom. The fourth-order valence-corrected chi connectivity index (χ4v) is 8.86. The van der Waals surface area contributed by atoms with Gasteiger partial charge in [-0.2, -0.15) is 0 Å². The Balaban J connectivity index is 2.40. The average molecular weight is 359 g/mol. The van der Waals surface area contributed by atoms with E-state index in [1.165, 1.54) is 27.7 Å². The van der Waals surface area contributed by atoms with Crippen LogP contribution in [0.3, 0.4) is 0 Å². The molecule has 0 spiro atoms. The summed E-state index contributed by atoms with van der Waals surface area (Å²) in [7, 11) is -1.50. The van der Waals surface area contributed by atoms with Crippen molar-refractivity contribution >= 4 is 19.0 Å². The Morgan fingerprint density at radius 3 is 2.26 bits per heavy atom. The number of benzene rings is 1. The maximum atomic E-state index is 4.72. The van der Waals surface area contributed by atoms with Gasteiger partial charge in [0.2, 0.25) is 0 Å². The molecule has 1 aromatic heterocycles. The van der Waals surface area contributed by atoms with Gasteiger partial charge in [0.1, 0.15) is 0 Å². The Hall–Kier alpha value is -1.14. The zero-order valence-electron chi connectivity index (χ0n) is 14.8. The molecule has 1 atom stereocenters. The zero-order chi connectivity index (χ0) is 17.0. The molecule has 1 aliphatic rings. The number of hydrogen-bond donors (Lipinski definition) is 0. The molecule has 1 nitrogen and oxygen atoms in total. The second-order valence-corrected chi connectivity index (χ2v) is 13.5. The van der Waals surface area contributed by atoms with Crippen LogP contribution in [-0.4, -0.2) is 13.1 Å². The van der Waals surface area contributed by atoms with E-state index < -0.39 is 8.07 Å². The van der Waals surface area contributed by atoms with E-state index in [1.807, 2.05) is 12.3 Å². The zero-order valence-corrected chi connectivity index (χ0v) is 17.1. The normalized spacial score (nSPS) is 22.3. The van der Waals surface area contributed by atoms with E-state index >= 15 is 0 Å².